The Morgan fingerprint density at radius 2 is 1.84 bits per heavy atom. The molecule has 0 radical (unpaired) electrons. The molecule has 2 aromatic carbocycles. The van der Waals surface area contributed by atoms with Gasteiger partial charge in [0, 0.05) is 24.2 Å². The van der Waals surface area contributed by atoms with Gasteiger partial charge in [0.25, 0.3) is 11.6 Å². The Balaban J connectivity index is 1.88. The molecule has 0 atom stereocenters. The Morgan fingerprint density at radius 3 is 2.56 bits per heavy atom. The molecule has 6 nitrogen and oxygen atoms in total. The number of carbonyl (C=O) groups excluding carboxylic acids is 1. The lowest BCUT2D eigenvalue weighted by Crippen LogP contribution is -2.30. The number of nitro groups is 1. The van der Waals surface area contributed by atoms with Crippen molar-refractivity contribution in [1.82, 2.24) is 0 Å². The van der Waals surface area contributed by atoms with Gasteiger partial charge in [-0.1, -0.05) is 23.7 Å². The summed E-state index contributed by atoms with van der Waals surface area (Å²) < 4.78 is 0. The number of nitro benzene ring substituents is 1. The maximum Gasteiger partial charge on any atom is 0.283 e. The second kappa shape index (κ2) is 7.53. The standard InChI is InChI=1S/C18H18ClN3O3/c19-13-8-9-14(17(12-13)22(24)25)18(23)20-15-6-2-3-7-16(15)21-10-4-1-5-11-21/h2-3,6-9,12H,1,4-5,10-11H2,(H,20,23). The molecule has 0 spiro atoms. The molecule has 130 valence electrons. The lowest BCUT2D eigenvalue weighted by atomic mass is 10.1. The van der Waals surface area contributed by atoms with E-state index in [1.165, 1.54) is 24.6 Å². The fourth-order valence-electron chi connectivity index (χ4n) is 3.03. The number of piperidine rings is 1. The number of carbonyl (C=O) groups is 1. The Labute approximate surface area is 150 Å². The molecule has 1 heterocycles. The summed E-state index contributed by atoms with van der Waals surface area (Å²) in [6.07, 6.45) is 3.44. The highest BCUT2D eigenvalue weighted by Crippen LogP contribution is 2.30. The van der Waals surface area contributed by atoms with Gasteiger partial charge >= 0.3 is 0 Å². The first-order chi connectivity index (χ1) is 12.1. The summed E-state index contributed by atoms with van der Waals surface area (Å²) in [5.41, 5.74) is 1.27. The summed E-state index contributed by atoms with van der Waals surface area (Å²) in [4.78, 5) is 25.4. The molecule has 0 aliphatic carbocycles. The van der Waals surface area contributed by atoms with E-state index in [1.54, 1.807) is 0 Å². The topological polar surface area (TPSA) is 75.5 Å². The van der Waals surface area contributed by atoms with Crippen LogP contribution in [0.4, 0.5) is 17.1 Å². The van der Waals surface area contributed by atoms with Gasteiger partial charge in [-0.25, -0.2) is 0 Å². The number of rotatable bonds is 4. The summed E-state index contributed by atoms with van der Waals surface area (Å²) in [6.45, 7) is 1.88. The first-order valence-corrected chi connectivity index (χ1v) is 8.53. The van der Waals surface area contributed by atoms with Crippen LogP contribution in [0.5, 0.6) is 0 Å². The summed E-state index contributed by atoms with van der Waals surface area (Å²) in [7, 11) is 0. The number of para-hydroxylation sites is 2. The maximum atomic E-state index is 12.6. The van der Waals surface area contributed by atoms with Gasteiger partial charge in [-0.15, -0.1) is 0 Å². The number of nitrogens with one attached hydrogen (secondary N) is 1. The van der Waals surface area contributed by atoms with Crippen LogP contribution in [0, 0.1) is 10.1 Å². The largest absolute Gasteiger partial charge is 0.370 e. The summed E-state index contributed by atoms with van der Waals surface area (Å²) >= 11 is 5.81. The summed E-state index contributed by atoms with van der Waals surface area (Å²) in [5, 5.41) is 14.2. The molecule has 1 aliphatic rings. The number of benzene rings is 2. The number of nitrogens with zero attached hydrogens (tertiary/aromatic N) is 2. The first kappa shape index (κ1) is 17.2. The van der Waals surface area contributed by atoms with Gasteiger partial charge < -0.3 is 10.2 Å². The molecule has 1 amide bonds. The SMILES string of the molecule is O=C(Nc1ccccc1N1CCCCC1)c1ccc(Cl)cc1[N+](=O)[O-]. The van der Waals surface area contributed by atoms with Crippen molar-refractivity contribution >= 4 is 34.6 Å². The highest BCUT2D eigenvalue weighted by molar-refractivity contribution is 6.31. The van der Waals surface area contributed by atoms with E-state index in [9.17, 15) is 14.9 Å². The Morgan fingerprint density at radius 1 is 1.12 bits per heavy atom. The van der Waals surface area contributed by atoms with Gasteiger partial charge in [0.05, 0.1) is 16.3 Å². The molecular weight excluding hydrogens is 342 g/mol. The van der Waals surface area contributed by atoms with E-state index in [2.05, 4.69) is 10.2 Å². The van der Waals surface area contributed by atoms with Crippen LogP contribution in [0.15, 0.2) is 42.5 Å². The molecule has 0 saturated carbocycles. The van der Waals surface area contributed by atoms with Crippen LogP contribution in [-0.2, 0) is 0 Å². The number of hydrogen-bond donors (Lipinski definition) is 1. The van der Waals surface area contributed by atoms with E-state index < -0.39 is 10.8 Å². The molecule has 1 aliphatic heterocycles. The normalized spacial score (nSPS) is 14.2. The van der Waals surface area contributed by atoms with E-state index in [4.69, 9.17) is 11.6 Å². The van der Waals surface area contributed by atoms with Crippen molar-refractivity contribution in [3.05, 3.63) is 63.2 Å². The van der Waals surface area contributed by atoms with Crippen molar-refractivity contribution in [2.24, 2.45) is 0 Å². The second-order valence-corrected chi connectivity index (χ2v) is 6.37. The first-order valence-electron chi connectivity index (χ1n) is 8.15. The Kier molecular flexibility index (Phi) is 5.19. The van der Waals surface area contributed by atoms with E-state index in [-0.39, 0.29) is 16.3 Å². The Hall–Kier alpha value is -2.60. The molecule has 2 aromatic rings. The average Bonchev–Trinajstić information content (AvgIpc) is 2.62. The molecule has 1 saturated heterocycles. The highest BCUT2D eigenvalue weighted by Gasteiger charge is 2.22. The smallest absolute Gasteiger partial charge is 0.283 e. The van der Waals surface area contributed by atoms with Crippen molar-refractivity contribution in [3.8, 4) is 0 Å². The average molecular weight is 360 g/mol. The summed E-state index contributed by atoms with van der Waals surface area (Å²) in [6, 6.07) is 11.6. The van der Waals surface area contributed by atoms with Crippen LogP contribution in [0.3, 0.4) is 0 Å². The van der Waals surface area contributed by atoms with Gasteiger partial charge in [-0.3, -0.25) is 14.9 Å². The zero-order valence-corrected chi connectivity index (χ0v) is 14.3. The third-order valence-electron chi connectivity index (χ3n) is 4.25. The minimum atomic E-state index is -0.600. The van der Waals surface area contributed by atoms with Crippen LogP contribution in [0.25, 0.3) is 0 Å². The zero-order chi connectivity index (χ0) is 17.8. The highest BCUT2D eigenvalue weighted by atomic mass is 35.5. The zero-order valence-electron chi connectivity index (χ0n) is 13.6. The van der Waals surface area contributed by atoms with Crippen molar-refractivity contribution in [1.29, 1.82) is 0 Å². The number of anilines is 2. The molecule has 0 unspecified atom stereocenters. The number of hydrogen-bond acceptors (Lipinski definition) is 4. The van der Waals surface area contributed by atoms with Gasteiger partial charge in [0.1, 0.15) is 5.56 Å². The van der Waals surface area contributed by atoms with Crippen LogP contribution in [0.2, 0.25) is 5.02 Å². The predicted molar refractivity (Wildman–Crippen MR) is 98.6 cm³/mol. The predicted octanol–water partition coefficient (Wildman–Crippen LogP) is 4.49. The third-order valence-corrected chi connectivity index (χ3v) is 4.49. The van der Waals surface area contributed by atoms with Gasteiger partial charge in [0.2, 0.25) is 0 Å². The maximum absolute atomic E-state index is 12.6. The summed E-state index contributed by atoms with van der Waals surface area (Å²) in [5.74, 6) is -0.521. The molecule has 3 rings (SSSR count). The molecule has 7 heteroatoms. The van der Waals surface area contributed by atoms with Crippen molar-refractivity contribution in [3.63, 3.8) is 0 Å². The quantitative estimate of drug-likeness (QED) is 0.644. The molecule has 1 fully saturated rings. The molecule has 0 aromatic heterocycles. The lowest BCUT2D eigenvalue weighted by molar-refractivity contribution is -0.385. The molecule has 25 heavy (non-hydrogen) atoms. The minimum Gasteiger partial charge on any atom is -0.370 e. The third kappa shape index (κ3) is 3.91. The van der Waals surface area contributed by atoms with Crippen LogP contribution < -0.4 is 10.2 Å². The minimum absolute atomic E-state index is 0.0113. The molecular formula is C18H18ClN3O3. The van der Waals surface area contributed by atoms with Crippen LogP contribution >= 0.6 is 11.6 Å². The van der Waals surface area contributed by atoms with Crippen LogP contribution in [-0.4, -0.2) is 23.9 Å². The number of halogens is 1. The van der Waals surface area contributed by atoms with E-state index in [1.807, 2.05) is 24.3 Å². The van der Waals surface area contributed by atoms with E-state index >= 15 is 0 Å². The second-order valence-electron chi connectivity index (χ2n) is 5.94. The molecule has 0 bridgehead atoms. The Bertz CT molecular complexity index is 804. The molecule has 1 N–H and O–H groups in total. The van der Waals surface area contributed by atoms with E-state index in [0.29, 0.717) is 5.69 Å². The van der Waals surface area contributed by atoms with Crippen molar-refractivity contribution < 1.29 is 9.72 Å². The van der Waals surface area contributed by atoms with Gasteiger partial charge in [0.15, 0.2) is 0 Å². The van der Waals surface area contributed by atoms with Crippen LogP contribution in [0.1, 0.15) is 29.6 Å². The van der Waals surface area contributed by atoms with Gasteiger partial charge in [-0.05, 0) is 43.5 Å². The fourth-order valence-corrected chi connectivity index (χ4v) is 3.19. The lowest BCUT2D eigenvalue weighted by Gasteiger charge is -2.30. The van der Waals surface area contributed by atoms with E-state index in [0.717, 1.165) is 31.6 Å². The van der Waals surface area contributed by atoms with Crippen molar-refractivity contribution in [2.45, 2.75) is 19.3 Å². The monoisotopic (exact) mass is 359 g/mol. The van der Waals surface area contributed by atoms with Crippen molar-refractivity contribution in [2.75, 3.05) is 23.3 Å². The van der Waals surface area contributed by atoms with Gasteiger partial charge in [-0.2, -0.15) is 0 Å². The number of amides is 1. The fraction of sp³-hybridized carbons (Fsp3) is 0.278.